The first kappa shape index (κ1) is 14.8. The number of aromatic nitrogens is 1. The fourth-order valence-electron chi connectivity index (χ4n) is 2.31. The Morgan fingerprint density at radius 3 is 3.05 bits per heavy atom. The van der Waals surface area contributed by atoms with Crippen molar-refractivity contribution in [3.8, 4) is 0 Å². The number of anilines is 1. The van der Waals surface area contributed by atoms with E-state index in [-0.39, 0.29) is 17.6 Å². The summed E-state index contributed by atoms with van der Waals surface area (Å²) >= 11 is 0. The average molecular weight is 277 g/mol. The van der Waals surface area contributed by atoms with E-state index in [4.69, 9.17) is 4.74 Å². The summed E-state index contributed by atoms with van der Waals surface area (Å²) in [5, 5.41) is 6.35. The number of carbonyl (C=O) groups excluding carboxylic acids is 1. The summed E-state index contributed by atoms with van der Waals surface area (Å²) in [6, 6.07) is 1.83. The molecule has 20 heavy (non-hydrogen) atoms. The zero-order valence-corrected chi connectivity index (χ0v) is 12.4. The van der Waals surface area contributed by atoms with E-state index in [9.17, 15) is 4.79 Å². The minimum absolute atomic E-state index is 0.0233. The first-order valence-electron chi connectivity index (χ1n) is 7.19. The van der Waals surface area contributed by atoms with Crippen molar-refractivity contribution >= 4 is 11.6 Å². The number of hydrogen-bond acceptors (Lipinski definition) is 4. The number of ether oxygens (including phenoxy) is 1. The van der Waals surface area contributed by atoms with E-state index in [2.05, 4.69) is 22.5 Å². The van der Waals surface area contributed by atoms with Crippen molar-refractivity contribution in [2.45, 2.75) is 45.3 Å². The molecule has 1 aliphatic rings. The van der Waals surface area contributed by atoms with E-state index >= 15 is 0 Å². The standard InChI is InChI=1S/C15H23N3O2/c1-4-7-17-13-5-8-16-10-12(13)14(19)18-15(3)6-9-20-11(15)2/h5,8,10-11H,4,6-7,9H2,1-3H3,(H,16,17)(H,18,19). The van der Waals surface area contributed by atoms with Gasteiger partial charge in [0, 0.05) is 25.5 Å². The molecule has 0 saturated carbocycles. The molecule has 2 heterocycles. The smallest absolute Gasteiger partial charge is 0.255 e. The Morgan fingerprint density at radius 1 is 1.60 bits per heavy atom. The van der Waals surface area contributed by atoms with Crippen molar-refractivity contribution in [1.29, 1.82) is 0 Å². The SMILES string of the molecule is CCCNc1ccncc1C(=O)NC1(C)CCOC1C. The van der Waals surface area contributed by atoms with Gasteiger partial charge in [-0.05, 0) is 32.8 Å². The van der Waals surface area contributed by atoms with Crippen molar-refractivity contribution < 1.29 is 9.53 Å². The molecule has 1 saturated heterocycles. The van der Waals surface area contributed by atoms with Crippen LogP contribution in [0.4, 0.5) is 5.69 Å². The fraction of sp³-hybridized carbons (Fsp3) is 0.600. The minimum atomic E-state index is -0.311. The third kappa shape index (κ3) is 3.10. The number of amides is 1. The first-order valence-corrected chi connectivity index (χ1v) is 7.19. The van der Waals surface area contributed by atoms with Crippen LogP contribution in [0.25, 0.3) is 0 Å². The molecule has 1 fully saturated rings. The molecule has 0 aromatic carbocycles. The molecule has 2 atom stereocenters. The second-order valence-corrected chi connectivity index (χ2v) is 5.48. The fourth-order valence-corrected chi connectivity index (χ4v) is 2.31. The highest BCUT2D eigenvalue weighted by atomic mass is 16.5. The van der Waals surface area contributed by atoms with Crippen LogP contribution < -0.4 is 10.6 Å². The van der Waals surface area contributed by atoms with Crippen molar-refractivity contribution in [1.82, 2.24) is 10.3 Å². The maximum atomic E-state index is 12.5. The van der Waals surface area contributed by atoms with Gasteiger partial charge in [0.1, 0.15) is 0 Å². The summed E-state index contributed by atoms with van der Waals surface area (Å²) in [4.78, 5) is 16.5. The second-order valence-electron chi connectivity index (χ2n) is 5.48. The van der Waals surface area contributed by atoms with Crippen LogP contribution in [0.3, 0.4) is 0 Å². The van der Waals surface area contributed by atoms with Gasteiger partial charge in [-0.25, -0.2) is 0 Å². The van der Waals surface area contributed by atoms with Gasteiger partial charge in [0.25, 0.3) is 5.91 Å². The molecule has 1 aliphatic heterocycles. The summed E-state index contributed by atoms with van der Waals surface area (Å²) in [5.41, 5.74) is 1.10. The molecule has 5 nitrogen and oxygen atoms in total. The normalized spacial score (nSPS) is 25.4. The van der Waals surface area contributed by atoms with Crippen molar-refractivity contribution in [3.63, 3.8) is 0 Å². The van der Waals surface area contributed by atoms with Crippen LogP contribution in [0.15, 0.2) is 18.5 Å². The number of rotatable bonds is 5. The van der Waals surface area contributed by atoms with E-state index in [1.807, 2.05) is 19.9 Å². The van der Waals surface area contributed by atoms with Crippen LogP contribution in [0, 0.1) is 0 Å². The van der Waals surface area contributed by atoms with Crippen LogP contribution in [-0.4, -0.2) is 35.7 Å². The van der Waals surface area contributed by atoms with E-state index in [0.717, 1.165) is 25.1 Å². The molecule has 1 amide bonds. The number of nitrogens with one attached hydrogen (secondary N) is 2. The Bertz CT molecular complexity index is 478. The highest BCUT2D eigenvalue weighted by molar-refractivity contribution is 5.99. The van der Waals surface area contributed by atoms with Crippen molar-refractivity contribution in [2.75, 3.05) is 18.5 Å². The molecule has 0 aliphatic carbocycles. The predicted octanol–water partition coefficient (Wildman–Crippen LogP) is 2.20. The lowest BCUT2D eigenvalue weighted by molar-refractivity contribution is 0.0727. The predicted molar refractivity (Wildman–Crippen MR) is 78.9 cm³/mol. The van der Waals surface area contributed by atoms with Crippen molar-refractivity contribution in [2.24, 2.45) is 0 Å². The molecule has 110 valence electrons. The highest BCUT2D eigenvalue weighted by Gasteiger charge is 2.38. The van der Waals surface area contributed by atoms with Gasteiger partial charge in [0.2, 0.25) is 0 Å². The monoisotopic (exact) mass is 277 g/mol. The van der Waals surface area contributed by atoms with Crippen LogP contribution in [0.1, 0.15) is 44.0 Å². The quantitative estimate of drug-likeness (QED) is 0.866. The summed E-state index contributed by atoms with van der Waals surface area (Å²) < 4.78 is 5.55. The second kappa shape index (κ2) is 6.22. The molecule has 2 rings (SSSR count). The van der Waals surface area contributed by atoms with Gasteiger partial charge in [-0.2, -0.15) is 0 Å². The van der Waals surface area contributed by atoms with Gasteiger partial charge in [0.15, 0.2) is 0 Å². The zero-order chi connectivity index (χ0) is 14.6. The van der Waals surface area contributed by atoms with Gasteiger partial charge in [0.05, 0.1) is 22.9 Å². The molecule has 1 aromatic rings. The molecule has 1 aromatic heterocycles. The van der Waals surface area contributed by atoms with Gasteiger partial charge in [-0.3, -0.25) is 9.78 Å². The Kier molecular flexibility index (Phi) is 4.60. The number of pyridine rings is 1. The Morgan fingerprint density at radius 2 is 2.40 bits per heavy atom. The summed E-state index contributed by atoms with van der Waals surface area (Å²) in [5.74, 6) is -0.100. The molecular weight excluding hydrogens is 254 g/mol. The van der Waals surface area contributed by atoms with E-state index in [1.54, 1.807) is 12.4 Å². The lowest BCUT2D eigenvalue weighted by Gasteiger charge is -2.29. The lowest BCUT2D eigenvalue weighted by Crippen LogP contribution is -2.50. The van der Waals surface area contributed by atoms with E-state index < -0.39 is 0 Å². The third-order valence-electron chi connectivity index (χ3n) is 3.92. The van der Waals surface area contributed by atoms with Crippen LogP contribution >= 0.6 is 0 Å². The molecule has 5 heteroatoms. The number of nitrogens with zero attached hydrogens (tertiary/aromatic N) is 1. The minimum Gasteiger partial charge on any atom is -0.384 e. The molecule has 2 N–H and O–H groups in total. The van der Waals surface area contributed by atoms with Gasteiger partial charge in [-0.15, -0.1) is 0 Å². The topological polar surface area (TPSA) is 63.2 Å². The summed E-state index contributed by atoms with van der Waals surface area (Å²) in [7, 11) is 0. The molecule has 2 unspecified atom stereocenters. The molecular formula is C15H23N3O2. The number of hydrogen-bond donors (Lipinski definition) is 2. The van der Waals surface area contributed by atoms with Gasteiger partial charge in [-0.1, -0.05) is 6.92 Å². The van der Waals surface area contributed by atoms with Crippen LogP contribution in [-0.2, 0) is 4.74 Å². The lowest BCUT2D eigenvalue weighted by atomic mass is 9.94. The molecule has 0 radical (unpaired) electrons. The average Bonchev–Trinajstić information content (AvgIpc) is 2.76. The zero-order valence-electron chi connectivity index (χ0n) is 12.4. The van der Waals surface area contributed by atoms with Crippen LogP contribution in [0.2, 0.25) is 0 Å². The Hall–Kier alpha value is -1.62. The highest BCUT2D eigenvalue weighted by Crippen LogP contribution is 2.26. The largest absolute Gasteiger partial charge is 0.384 e. The first-order chi connectivity index (χ1) is 9.57. The molecule has 0 bridgehead atoms. The molecule has 0 spiro atoms. The maximum absolute atomic E-state index is 12.5. The van der Waals surface area contributed by atoms with Gasteiger partial charge < -0.3 is 15.4 Å². The van der Waals surface area contributed by atoms with E-state index in [0.29, 0.717) is 12.2 Å². The third-order valence-corrected chi connectivity index (χ3v) is 3.92. The summed E-state index contributed by atoms with van der Waals surface area (Å²) in [6.45, 7) is 7.63. The maximum Gasteiger partial charge on any atom is 0.255 e. The van der Waals surface area contributed by atoms with Gasteiger partial charge >= 0.3 is 0 Å². The number of carbonyl (C=O) groups is 1. The van der Waals surface area contributed by atoms with Crippen LogP contribution in [0.5, 0.6) is 0 Å². The van der Waals surface area contributed by atoms with E-state index in [1.165, 1.54) is 0 Å². The Balaban J connectivity index is 2.13. The summed E-state index contributed by atoms with van der Waals surface area (Å²) in [6.07, 6.45) is 5.16. The Labute approximate surface area is 120 Å². The van der Waals surface area contributed by atoms with Crippen molar-refractivity contribution in [3.05, 3.63) is 24.0 Å².